The molecule has 5 heteroatoms. The van der Waals surface area contributed by atoms with Crippen LogP contribution in [0.3, 0.4) is 0 Å². The number of aromatic nitrogens is 2. The molecule has 2 rings (SSSR count). The van der Waals surface area contributed by atoms with Crippen molar-refractivity contribution in [2.75, 3.05) is 18.5 Å². The van der Waals surface area contributed by atoms with Gasteiger partial charge < -0.3 is 14.8 Å². The van der Waals surface area contributed by atoms with Crippen LogP contribution in [0, 0.1) is 6.92 Å². The van der Waals surface area contributed by atoms with E-state index in [-0.39, 0.29) is 6.61 Å². The van der Waals surface area contributed by atoms with Crippen LogP contribution in [0.1, 0.15) is 12.2 Å². The lowest BCUT2D eigenvalue weighted by molar-refractivity contribution is 0.292. The van der Waals surface area contributed by atoms with Gasteiger partial charge in [0.2, 0.25) is 5.95 Å². The van der Waals surface area contributed by atoms with Gasteiger partial charge in [-0.1, -0.05) is 0 Å². The van der Waals surface area contributed by atoms with Crippen molar-refractivity contribution in [2.24, 2.45) is 0 Å². The van der Waals surface area contributed by atoms with E-state index in [4.69, 9.17) is 9.52 Å². The molecule has 2 N–H and O–H groups in total. The van der Waals surface area contributed by atoms with Crippen molar-refractivity contribution in [1.29, 1.82) is 0 Å². The van der Waals surface area contributed by atoms with Gasteiger partial charge in [0.1, 0.15) is 11.5 Å². The molecule has 0 fully saturated rings. The van der Waals surface area contributed by atoms with E-state index >= 15 is 0 Å². The van der Waals surface area contributed by atoms with E-state index in [0.717, 1.165) is 17.1 Å². The van der Waals surface area contributed by atoms with E-state index in [1.54, 1.807) is 12.4 Å². The number of hydrogen-bond acceptors (Lipinski definition) is 5. The minimum atomic E-state index is 0.163. The number of aryl methyl sites for hydroxylation is 1. The van der Waals surface area contributed by atoms with Gasteiger partial charge in [-0.15, -0.1) is 0 Å². The van der Waals surface area contributed by atoms with E-state index in [2.05, 4.69) is 15.3 Å². The van der Waals surface area contributed by atoms with E-state index in [1.807, 2.05) is 19.1 Å². The fourth-order valence-corrected chi connectivity index (χ4v) is 1.42. The monoisotopic (exact) mass is 233 g/mol. The van der Waals surface area contributed by atoms with Crippen LogP contribution in [0.15, 0.2) is 28.9 Å². The molecule has 0 aliphatic heterocycles. The Balaban J connectivity index is 2.02. The maximum Gasteiger partial charge on any atom is 0.222 e. The number of hydrogen-bond donors (Lipinski definition) is 2. The zero-order valence-corrected chi connectivity index (χ0v) is 9.68. The standard InChI is InChI=1S/C12H15N3O2/c1-9-3-4-11(17-9)10-7-14-12(15-8-10)13-5-2-6-16/h3-4,7-8,16H,2,5-6H2,1H3,(H,13,14,15). The van der Waals surface area contributed by atoms with Crippen LogP contribution in [-0.2, 0) is 0 Å². The largest absolute Gasteiger partial charge is 0.461 e. The Morgan fingerprint density at radius 1 is 1.29 bits per heavy atom. The number of anilines is 1. The first-order valence-corrected chi connectivity index (χ1v) is 5.53. The van der Waals surface area contributed by atoms with Gasteiger partial charge in [-0.3, -0.25) is 0 Å². The molecule has 0 aliphatic rings. The Morgan fingerprint density at radius 2 is 2.06 bits per heavy atom. The first kappa shape index (κ1) is 11.6. The third kappa shape index (κ3) is 3.04. The van der Waals surface area contributed by atoms with Crippen molar-refractivity contribution in [2.45, 2.75) is 13.3 Å². The summed E-state index contributed by atoms with van der Waals surface area (Å²) in [6.07, 6.45) is 4.11. The third-order valence-electron chi connectivity index (χ3n) is 2.29. The van der Waals surface area contributed by atoms with Crippen molar-refractivity contribution in [3.63, 3.8) is 0 Å². The lowest BCUT2D eigenvalue weighted by Crippen LogP contribution is -2.06. The Labute approximate surface area is 99.5 Å². The molecule has 0 atom stereocenters. The smallest absolute Gasteiger partial charge is 0.222 e. The zero-order valence-electron chi connectivity index (χ0n) is 9.68. The highest BCUT2D eigenvalue weighted by Gasteiger charge is 2.03. The predicted octanol–water partition coefficient (Wildman–Crippen LogP) is 1.84. The van der Waals surface area contributed by atoms with Crippen LogP contribution >= 0.6 is 0 Å². The minimum absolute atomic E-state index is 0.163. The van der Waals surface area contributed by atoms with Gasteiger partial charge in [0.25, 0.3) is 0 Å². The van der Waals surface area contributed by atoms with E-state index in [9.17, 15) is 0 Å². The molecule has 2 aromatic heterocycles. The summed E-state index contributed by atoms with van der Waals surface area (Å²) < 4.78 is 5.47. The second-order valence-electron chi connectivity index (χ2n) is 3.71. The van der Waals surface area contributed by atoms with Gasteiger partial charge in [0, 0.05) is 25.5 Å². The number of rotatable bonds is 5. The van der Waals surface area contributed by atoms with Gasteiger partial charge >= 0.3 is 0 Å². The summed E-state index contributed by atoms with van der Waals surface area (Å²) >= 11 is 0. The first-order valence-electron chi connectivity index (χ1n) is 5.53. The van der Waals surface area contributed by atoms with Crippen LogP contribution in [0.5, 0.6) is 0 Å². The third-order valence-corrected chi connectivity index (χ3v) is 2.29. The van der Waals surface area contributed by atoms with Gasteiger partial charge in [-0.25, -0.2) is 9.97 Å². The quantitative estimate of drug-likeness (QED) is 0.771. The summed E-state index contributed by atoms with van der Waals surface area (Å²) in [6.45, 7) is 2.72. The van der Waals surface area contributed by atoms with Crippen LogP contribution < -0.4 is 5.32 Å². The normalized spacial score (nSPS) is 10.5. The van der Waals surface area contributed by atoms with Crippen LogP contribution in [-0.4, -0.2) is 28.2 Å². The summed E-state index contributed by atoms with van der Waals surface area (Å²) in [6, 6.07) is 3.80. The molecule has 5 nitrogen and oxygen atoms in total. The number of aliphatic hydroxyl groups is 1. The zero-order chi connectivity index (χ0) is 12.1. The highest BCUT2D eigenvalue weighted by atomic mass is 16.3. The molecule has 2 heterocycles. The summed E-state index contributed by atoms with van der Waals surface area (Å²) in [5.41, 5.74) is 0.853. The first-order chi connectivity index (χ1) is 8.29. The second-order valence-corrected chi connectivity index (χ2v) is 3.71. The van der Waals surface area contributed by atoms with Crippen molar-refractivity contribution in [1.82, 2.24) is 9.97 Å². The van der Waals surface area contributed by atoms with Gasteiger partial charge in [0.05, 0.1) is 5.56 Å². The molecule has 0 saturated heterocycles. The number of nitrogens with zero attached hydrogens (tertiary/aromatic N) is 2. The van der Waals surface area contributed by atoms with Crippen LogP contribution in [0.25, 0.3) is 11.3 Å². The Kier molecular flexibility index (Phi) is 3.72. The maximum atomic E-state index is 8.65. The summed E-state index contributed by atoms with van der Waals surface area (Å²) in [7, 11) is 0. The fraction of sp³-hybridized carbons (Fsp3) is 0.333. The second kappa shape index (κ2) is 5.45. The highest BCUT2D eigenvalue weighted by Crippen LogP contribution is 2.20. The lowest BCUT2D eigenvalue weighted by atomic mass is 10.3. The van der Waals surface area contributed by atoms with Crippen molar-refractivity contribution in [3.8, 4) is 11.3 Å². The van der Waals surface area contributed by atoms with E-state index < -0.39 is 0 Å². The van der Waals surface area contributed by atoms with Gasteiger partial charge in [0.15, 0.2) is 0 Å². The Bertz CT molecular complexity index is 465. The molecule has 0 bridgehead atoms. The Morgan fingerprint density at radius 3 is 2.65 bits per heavy atom. The number of furan rings is 1. The molecule has 0 spiro atoms. The molecule has 0 radical (unpaired) electrons. The molecule has 90 valence electrons. The fourth-order valence-electron chi connectivity index (χ4n) is 1.42. The number of nitrogens with one attached hydrogen (secondary N) is 1. The van der Waals surface area contributed by atoms with Crippen LogP contribution in [0.2, 0.25) is 0 Å². The molecule has 17 heavy (non-hydrogen) atoms. The van der Waals surface area contributed by atoms with E-state index in [0.29, 0.717) is 18.9 Å². The highest BCUT2D eigenvalue weighted by molar-refractivity contribution is 5.55. The van der Waals surface area contributed by atoms with Gasteiger partial charge in [-0.05, 0) is 25.5 Å². The van der Waals surface area contributed by atoms with Crippen molar-refractivity contribution >= 4 is 5.95 Å². The minimum Gasteiger partial charge on any atom is -0.461 e. The summed E-state index contributed by atoms with van der Waals surface area (Å²) in [5.74, 6) is 2.19. The molecular formula is C12H15N3O2. The molecule has 0 aromatic carbocycles. The lowest BCUT2D eigenvalue weighted by Gasteiger charge is -2.03. The van der Waals surface area contributed by atoms with Crippen molar-refractivity contribution < 1.29 is 9.52 Å². The predicted molar refractivity (Wildman–Crippen MR) is 64.7 cm³/mol. The molecule has 0 saturated carbocycles. The SMILES string of the molecule is Cc1ccc(-c2cnc(NCCCO)nc2)o1. The summed E-state index contributed by atoms with van der Waals surface area (Å²) in [4.78, 5) is 8.34. The molecule has 0 amide bonds. The molecular weight excluding hydrogens is 218 g/mol. The Hall–Kier alpha value is -1.88. The van der Waals surface area contributed by atoms with E-state index in [1.165, 1.54) is 0 Å². The average molecular weight is 233 g/mol. The molecule has 2 aromatic rings. The topological polar surface area (TPSA) is 71.2 Å². The summed E-state index contributed by atoms with van der Waals surface area (Å²) in [5, 5.41) is 11.7. The van der Waals surface area contributed by atoms with Crippen LogP contribution in [0.4, 0.5) is 5.95 Å². The van der Waals surface area contributed by atoms with Crippen molar-refractivity contribution in [3.05, 3.63) is 30.3 Å². The van der Waals surface area contributed by atoms with Gasteiger partial charge in [-0.2, -0.15) is 0 Å². The number of aliphatic hydroxyl groups excluding tert-OH is 1. The maximum absolute atomic E-state index is 8.65. The average Bonchev–Trinajstić information content (AvgIpc) is 2.77. The molecule has 0 unspecified atom stereocenters. The molecule has 0 aliphatic carbocycles.